The van der Waals surface area contributed by atoms with E-state index in [1.807, 2.05) is 6.20 Å². The Labute approximate surface area is 104 Å². The van der Waals surface area contributed by atoms with Gasteiger partial charge in [-0.1, -0.05) is 20.3 Å². The number of oxazole rings is 1. The molecule has 1 saturated carbocycles. The zero-order chi connectivity index (χ0) is 12.1. The van der Waals surface area contributed by atoms with Crippen molar-refractivity contribution in [2.75, 3.05) is 13.1 Å². The Kier molecular flexibility index (Phi) is 4.60. The fourth-order valence-electron chi connectivity index (χ4n) is 2.72. The minimum Gasteiger partial charge on any atom is -0.445 e. The second kappa shape index (κ2) is 6.20. The molecule has 2 rings (SSSR count). The number of aryl methyl sites for hydroxylation is 1. The van der Waals surface area contributed by atoms with Crippen LogP contribution in [0.2, 0.25) is 0 Å². The Morgan fingerprint density at radius 1 is 1.47 bits per heavy atom. The lowest BCUT2D eigenvalue weighted by Gasteiger charge is -2.10. The Balaban J connectivity index is 1.83. The average molecular weight is 236 g/mol. The van der Waals surface area contributed by atoms with E-state index in [2.05, 4.69) is 24.1 Å². The molecule has 17 heavy (non-hydrogen) atoms. The zero-order valence-electron chi connectivity index (χ0n) is 11.0. The predicted octanol–water partition coefficient (Wildman–Crippen LogP) is 3.12. The van der Waals surface area contributed by atoms with Gasteiger partial charge in [-0.05, 0) is 38.3 Å². The summed E-state index contributed by atoms with van der Waals surface area (Å²) in [4.78, 5) is 4.40. The van der Waals surface area contributed by atoms with E-state index in [9.17, 15) is 0 Å². The van der Waals surface area contributed by atoms with Gasteiger partial charge in [0.25, 0.3) is 0 Å². The molecular formula is C14H24N2O. The van der Waals surface area contributed by atoms with E-state index in [0.717, 1.165) is 43.5 Å². The molecule has 1 N–H and O–H groups in total. The second-order valence-corrected chi connectivity index (χ2v) is 5.13. The van der Waals surface area contributed by atoms with E-state index in [-0.39, 0.29) is 0 Å². The van der Waals surface area contributed by atoms with Gasteiger partial charge < -0.3 is 9.73 Å². The molecule has 1 aromatic heterocycles. The van der Waals surface area contributed by atoms with E-state index in [1.54, 1.807) is 0 Å². The molecule has 1 aliphatic rings. The third-order valence-electron chi connectivity index (χ3n) is 3.79. The van der Waals surface area contributed by atoms with Crippen LogP contribution in [-0.2, 0) is 6.42 Å². The molecule has 1 aliphatic carbocycles. The fourth-order valence-corrected chi connectivity index (χ4v) is 2.72. The summed E-state index contributed by atoms with van der Waals surface area (Å²) >= 11 is 0. The van der Waals surface area contributed by atoms with Gasteiger partial charge in [-0.15, -0.1) is 0 Å². The number of hydrogen-bond acceptors (Lipinski definition) is 3. The molecule has 2 atom stereocenters. The molecule has 3 heteroatoms. The maximum atomic E-state index is 5.88. The van der Waals surface area contributed by atoms with Gasteiger partial charge in [-0.25, -0.2) is 4.98 Å². The lowest BCUT2D eigenvalue weighted by atomic mass is 9.96. The first-order chi connectivity index (χ1) is 8.31. The van der Waals surface area contributed by atoms with Crippen molar-refractivity contribution in [1.82, 2.24) is 10.3 Å². The molecule has 1 aromatic rings. The molecule has 96 valence electrons. The monoisotopic (exact) mass is 236 g/mol. The third-order valence-corrected chi connectivity index (χ3v) is 3.79. The summed E-state index contributed by atoms with van der Waals surface area (Å²) in [5, 5.41) is 3.32. The second-order valence-electron chi connectivity index (χ2n) is 5.13. The zero-order valence-corrected chi connectivity index (χ0v) is 11.0. The fraction of sp³-hybridized carbons (Fsp3) is 0.786. The Morgan fingerprint density at radius 2 is 2.35 bits per heavy atom. The summed E-state index contributed by atoms with van der Waals surface area (Å²) in [5.74, 6) is 3.41. The van der Waals surface area contributed by atoms with Crippen molar-refractivity contribution in [3.05, 3.63) is 17.8 Å². The Hall–Kier alpha value is -0.830. The van der Waals surface area contributed by atoms with Crippen molar-refractivity contribution >= 4 is 0 Å². The van der Waals surface area contributed by atoms with Crippen LogP contribution in [0.25, 0.3) is 0 Å². The lowest BCUT2D eigenvalue weighted by molar-refractivity contribution is 0.386. The lowest BCUT2D eigenvalue weighted by Crippen LogP contribution is -2.14. The SMILES string of the molecule is CCNCCCc1ncc(C2CCCC2C)o1. The molecule has 0 radical (unpaired) electrons. The summed E-state index contributed by atoms with van der Waals surface area (Å²) in [7, 11) is 0. The van der Waals surface area contributed by atoms with E-state index >= 15 is 0 Å². The van der Waals surface area contributed by atoms with Crippen molar-refractivity contribution in [2.45, 2.75) is 51.9 Å². The molecule has 2 unspecified atom stereocenters. The average Bonchev–Trinajstić information content (AvgIpc) is 2.93. The normalized spacial score (nSPS) is 24.4. The van der Waals surface area contributed by atoms with Crippen molar-refractivity contribution in [3.63, 3.8) is 0 Å². The van der Waals surface area contributed by atoms with Crippen LogP contribution in [0.5, 0.6) is 0 Å². The summed E-state index contributed by atoms with van der Waals surface area (Å²) < 4.78 is 5.88. The molecule has 0 amide bonds. The van der Waals surface area contributed by atoms with Crippen LogP contribution >= 0.6 is 0 Å². The van der Waals surface area contributed by atoms with Crippen LogP contribution in [0.1, 0.15) is 57.1 Å². The molecule has 1 fully saturated rings. The third kappa shape index (κ3) is 3.32. The minimum absolute atomic E-state index is 0.616. The first kappa shape index (κ1) is 12.6. The summed E-state index contributed by atoms with van der Waals surface area (Å²) in [6, 6.07) is 0. The molecule has 0 spiro atoms. The van der Waals surface area contributed by atoms with Crippen LogP contribution in [0, 0.1) is 5.92 Å². The van der Waals surface area contributed by atoms with Gasteiger partial charge in [0, 0.05) is 12.3 Å². The molecule has 1 heterocycles. The highest BCUT2D eigenvalue weighted by atomic mass is 16.4. The number of nitrogens with one attached hydrogen (secondary N) is 1. The summed E-state index contributed by atoms with van der Waals surface area (Å²) in [6.07, 6.45) is 7.95. The van der Waals surface area contributed by atoms with Crippen molar-refractivity contribution < 1.29 is 4.42 Å². The highest BCUT2D eigenvalue weighted by Crippen LogP contribution is 2.39. The molecular weight excluding hydrogens is 212 g/mol. The maximum Gasteiger partial charge on any atom is 0.194 e. The van der Waals surface area contributed by atoms with Gasteiger partial charge >= 0.3 is 0 Å². The van der Waals surface area contributed by atoms with Crippen LogP contribution in [0.3, 0.4) is 0 Å². The predicted molar refractivity (Wildman–Crippen MR) is 69.1 cm³/mol. The van der Waals surface area contributed by atoms with Gasteiger partial charge in [-0.2, -0.15) is 0 Å². The van der Waals surface area contributed by atoms with E-state index in [4.69, 9.17) is 4.42 Å². The van der Waals surface area contributed by atoms with Gasteiger partial charge in [0.1, 0.15) is 5.76 Å². The van der Waals surface area contributed by atoms with Gasteiger partial charge in [-0.3, -0.25) is 0 Å². The van der Waals surface area contributed by atoms with Crippen LogP contribution in [0.4, 0.5) is 0 Å². The van der Waals surface area contributed by atoms with E-state index < -0.39 is 0 Å². The summed E-state index contributed by atoms with van der Waals surface area (Å²) in [6.45, 7) is 6.54. The topological polar surface area (TPSA) is 38.1 Å². The number of aromatic nitrogens is 1. The van der Waals surface area contributed by atoms with Crippen LogP contribution < -0.4 is 5.32 Å². The molecule has 0 saturated heterocycles. The molecule has 0 aromatic carbocycles. The number of hydrogen-bond donors (Lipinski definition) is 1. The van der Waals surface area contributed by atoms with Gasteiger partial charge in [0.2, 0.25) is 0 Å². The van der Waals surface area contributed by atoms with Crippen LogP contribution in [-0.4, -0.2) is 18.1 Å². The molecule has 0 bridgehead atoms. The van der Waals surface area contributed by atoms with Gasteiger partial charge in [0.15, 0.2) is 5.89 Å². The van der Waals surface area contributed by atoms with E-state index in [0.29, 0.717) is 5.92 Å². The van der Waals surface area contributed by atoms with E-state index in [1.165, 1.54) is 19.3 Å². The number of nitrogens with zero attached hydrogens (tertiary/aromatic N) is 1. The first-order valence-corrected chi connectivity index (χ1v) is 6.96. The highest BCUT2D eigenvalue weighted by Gasteiger charge is 2.27. The largest absolute Gasteiger partial charge is 0.445 e. The maximum absolute atomic E-state index is 5.88. The molecule has 3 nitrogen and oxygen atoms in total. The van der Waals surface area contributed by atoms with Gasteiger partial charge in [0.05, 0.1) is 6.20 Å². The van der Waals surface area contributed by atoms with Crippen LogP contribution in [0.15, 0.2) is 10.6 Å². The summed E-state index contributed by atoms with van der Waals surface area (Å²) in [5.41, 5.74) is 0. The quantitative estimate of drug-likeness (QED) is 0.771. The first-order valence-electron chi connectivity index (χ1n) is 6.96. The smallest absolute Gasteiger partial charge is 0.194 e. The highest BCUT2D eigenvalue weighted by molar-refractivity contribution is 5.05. The van der Waals surface area contributed by atoms with Crippen molar-refractivity contribution in [1.29, 1.82) is 0 Å². The molecule has 0 aliphatic heterocycles. The number of rotatable bonds is 6. The standard InChI is InChI=1S/C14H24N2O/c1-3-15-9-5-8-14-16-10-13(17-14)12-7-4-6-11(12)2/h10-12,15H,3-9H2,1-2H3. The Bertz CT molecular complexity index is 335. The Morgan fingerprint density at radius 3 is 3.06 bits per heavy atom. The van der Waals surface area contributed by atoms with Crippen molar-refractivity contribution in [3.8, 4) is 0 Å². The minimum atomic E-state index is 0.616. The van der Waals surface area contributed by atoms with Crippen molar-refractivity contribution in [2.24, 2.45) is 5.92 Å².